The maximum absolute atomic E-state index is 12.9. The lowest BCUT2D eigenvalue weighted by molar-refractivity contribution is -0.122. The second kappa shape index (κ2) is 7.94. The lowest BCUT2D eigenvalue weighted by Crippen LogP contribution is -2.54. The van der Waals surface area contributed by atoms with Crippen LogP contribution in [0.1, 0.15) is 19.6 Å². The Balaban J connectivity index is 1.93. The van der Waals surface area contributed by atoms with Gasteiger partial charge in [0.2, 0.25) is 0 Å². The van der Waals surface area contributed by atoms with Crippen molar-refractivity contribution in [2.75, 3.05) is 22.9 Å². The molecule has 1 aliphatic rings. The van der Waals surface area contributed by atoms with Crippen molar-refractivity contribution in [2.45, 2.75) is 13.8 Å². The number of carbonyl (C=O) groups excluding carboxylic acids is 2. The largest absolute Gasteiger partial charge is 0.441 e. The summed E-state index contributed by atoms with van der Waals surface area (Å²) in [5.41, 5.74) is 0.461. The molecule has 1 fully saturated rings. The maximum atomic E-state index is 12.9. The topological polar surface area (TPSA) is 65.8 Å². The van der Waals surface area contributed by atoms with E-state index in [-0.39, 0.29) is 10.7 Å². The minimum Gasteiger partial charge on any atom is -0.441 e. The van der Waals surface area contributed by atoms with Gasteiger partial charge in [0.15, 0.2) is 11.0 Å². The zero-order valence-electron chi connectivity index (χ0n) is 14.9. The summed E-state index contributed by atoms with van der Waals surface area (Å²) in [4.78, 5) is 28.5. The van der Waals surface area contributed by atoms with E-state index in [0.29, 0.717) is 22.4 Å². The number of rotatable bonds is 5. The van der Waals surface area contributed by atoms with Gasteiger partial charge in [-0.25, -0.2) is 0 Å². The van der Waals surface area contributed by atoms with Crippen molar-refractivity contribution in [1.29, 1.82) is 0 Å². The van der Waals surface area contributed by atoms with Gasteiger partial charge in [0.05, 0.1) is 5.69 Å². The fraction of sp³-hybridized carbons (Fsp3) is 0.211. The summed E-state index contributed by atoms with van der Waals surface area (Å²) >= 11 is 11.1. The van der Waals surface area contributed by atoms with E-state index in [9.17, 15) is 9.59 Å². The molecule has 1 aromatic carbocycles. The zero-order chi connectivity index (χ0) is 19.6. The third-order valence-electron chi connectivity index (χ3n) is 4.16. The summed E-state index contributed by atoms with van der Waals surface area (Å²) in [6, 6.07) is 10.2. The summed E-state index contributed by atoms with van der Waals surface area (Å²) < 4.78 is 5.76. The Morgan fingerprint density at radius 2 is 1.81 bits per heavy atom. The first kappa shape index (κ1) is 19.1. The molecule has 1 saturated heterocycles. The van der Waals surface area contributed by atoms with E-state index in [2.05, 4.69) is 5.32 Å². The average molecular weight is 404 g/mol. The van der Waals surface area contributed by atoms with Crippen LogP contribution in [0.4, 0.5) is 11.6 Å². The normalized spacial score (nSPS) is 16.0. The minimum atomic E-state index is -0.559. The molecule has 2 amide bonds. The van der Waals surface area contributed by atoms with E-state index in [0.717, 1.165) is 13.1 Å². The van der Waals surface area contributed by atoms with Crippen LogP contribution < -0.4 is 15.1 Å². The summed E-state index contributed by atoms with van der Waals surface area (Å²) in [7, 11) is 0. The first-order chi connectivity index (χ1) is 12.9. The van der Waals surface area contributed by atoms with Crippen molar-refractivity contribution < 1.29 is 14.0 Å². The highest BCUT2D eigenvalue weighted by molar-refractivity contribution is 7.80. The smallest absolute Gasteiger partial charge is 0.270 e. The lowest BCUT2D eigenvalue weighted by Gasteiger charge is -2.28. The fourth-order valence-corrected chi connectivity index (χ4v) is 3.16. The van der Waals surface area contributed by atoms with Crippen molar-refractivity contribution in [3.63, 3.8) is 0 Å². The molecule has 0 spiro atoms. The number of thiocarbonyl (C=S) groups is 1. The molecular formula is C19H18ClN3O3S. The van der Waals surface area contributed by atoms with Crippen LogP contribution in [0.5, 0.6) is 0 Å². The highest BCUT2D eigenvalue weighted by atomic mass is 35.5. The van der Waals surface area contributed by atoms with Crippen LogP contribution in [-0.2, 0) is 9.59 Å². The Kier molecular flexibility index (Phi) is 5.62. The number of nitrogens with one attached hydrogen (secondary N) is 1. The Hall–Kier alpha value is -2.64. The number of benzene rings is 1. The van der Waals surface area contributed by atoms with Gasteiger partial charge < -0.3 is 9.32 Å². The highest BCUT2D eigenvalue weighted by Gasteiger charge is 2.34. The number of nitrogens with zero attached hydrogens (tertiary/aromatic N) is 2. The number of amides is 2. The van der Waals surface area contributed by atoms with Crippen molar-refractivity contribution >= 4 is 58.4 Å². The first-order valence-electron chi connectivity index (χ1n) is 8.46. The van der Waals surface area contributed by atoms with E-state index >= 15 is 0 Å². The Labute approximate surface area is 167 Å². The van der Waals surface area contributed by atoms with Crippen LogP contribution >= 0.6 is 23.8 Å². The number of halogens is 1. The number of carbonyl (C=O) groups is 2. The van der Waals surface area contributed by atoms with Crippen LogP contribution in [0, 0.1) is 0 Å². The molecule has 1 aliphatic heterocycles. The second-order valence-electron chi connectivity index (χ2n) is 5.78. The van der Waals surface area contributed by atoms with Gasteiger partial charge in [0, 0.05) is 24.2 Å². The molecule has 140 valence electrons. The molecule has 0 saturated carbocycles. The molecule has 3 rings (SSSR count). The number of hydrogen-bond donors (Lipinski definition) is 1. The molecule has 2 aromatic rings. The monoisotopic (exact) mass is 403 g/mol. The molecule has 0 unspecified atom stereocenters. The molecule has 8 heteroatoms. The first-order valence-corrected chi connectivity index (χ1v) is 9.25. The summed E-state index contributed by atoms with van der Waals surface area (Å²) in [5, 5.41) is 3.10. The quantitative estimate of drug-likeness (QED) is 0.469. The summed E-state index contributed by atoms with van der Waals surface area (Å²) in [6.07, 6.45) is 1.43. The van der Waals surface area contributed by atoms with Crippen molar-refractivity contribution in [3.05, 3.63) is 52.8 Å². The van der Waals surface area contributed by atoms with Gasteiger partial charge in [-0.1, -0.05) is 11.6 Å². The second-order valence-corrected chi connectivity index (χ2v) is 6.61. The molecule has 0 aliphatic carbocycles. The van der Waals surface area contributed by atoms with Crippen LogP contribution in [0.25, 0.3) is 6.08 Å². The van der Waals surface area contributed by atoms with E-state index in [1.54, 1.807) is 30.3 Å². The van der Waals surface area contributed by atoms with Crippen LogP contribution in [0.2, 0.25) is 5.02 Å². The van der Waals surface area contributed by atoms with Gasteiger partial charge in [-0.2, -0.15) is 0 Å². The summed E-state index contributed by atoms with van der Waals surface area (Å²) in [6.45, 7) is 5.62. The SMILES string of the molecule is CCN(CC)c1ccc(C=C2C(=O)NC(=S)N(c3ccc(Cl)cc3)C2=O)o1. The third kappa shape index (κ3) is 3.89. The van der Waals surface area contributed by atoms with Crippen molar-refractivity contribution in [1.82, 2.24) is 5.32 Å². The van der Waals surface area contributed by atoms with Crippen LogP contribution in [0.15, 0.2) is 46.4 Å². The van der Waals surface area contributed by atoms with E-state index in [1.807, 2.05) is 24.8 Å². The molecular weight excluding hydrogens is 386 g/mol. The number of furan rings is 1. The molecule has 2 heterocycles. The van der Waals surface area contributed by atoms with Gasteiger partial charge in [0.1, 0.15) is 11.3 Å². The standard InChI is InChI=1S/C19H18ClN3O3S/c1-3-22(4-2)16-10-9-14(26-16)11-15-17(24)21-19(27)23(18(15)25)13-7-5-12(20)6-8-13/h5-11H,3-4H2,1-2H3,(H,21,24,27). The molecule has 6 nitrogen and oxygen atoms in total. The lowest BCUT2D eigenvalue weighted by atomic mass is 10.1. The van der Waals surface area contributed by atoms with Gasteiger partial charge >= 0.3 is 0 Å². The summed E-state index contributed by atoms with van der Waals surface area (Å²) in [5.74, 6) is 0.0164. The predicted octanol–water partition coefficient (Wildman–Crippen LogP) is 3.61. The van der Waals surface area contributed by atoms with Gasteiger partial charge in [-0.15, -0.1) is 0 Å². The fourth-order valence-electron chi connectivity index (χ4n) is 2.75. The van der Waals surface area contributed by atoms with E-state index < -0.39 is 11.8 Å². The van der Waals surface area contributed by atoms with Crippen LogP contribution in [0.3, 0.4) is 0 Å². The molecule has 27 heavy (non-hydrogen) atoms. The molecule has 1 aromatic heterocycles. The van der Waals surface area contributed by atoms with Crippen molar-refractivity contribution in [2.24, 2.45) is 0 Å². The maximum Gasteiger partial charge on any atom is 0.270 e. The van der Waals surface area contributed by atoms with E-state index in [4.69, 9.17) is 28.2 Å². The highest BCUT2D eigenvalue weighted by Crippen LogP contribution is 2.25. The third-order valence-corrected chi connectivity index (χ3v) is 4.70. The minimum absolute atomic E-state index is 0.0211. The van der Waals surface area contributed by atoms with E-state index in [1.165, 1.54) is 11.0 Å². The zero-order valence-corrected chi connectivity index (χ0v) is 16.4. The predicted molar refractivity (Wildman–Crippen MR) is 110 cm³/mol. The Bertz CT molecular complexity index is 917. The number of anilines is 2. The Morgan fingerprint density at radius 3 is 2.44 bits per heavy atom. The number of hydrogen-bond acceptors (Lipinski definition) is 5. The van der Waals surface area contributed by atoms with Crippen LogP contribution in [-0.4, -0.2) is 30.0 Å². The molecule has 0 radical (unpaired) electrons. The van der Waals surface area contributed by atoms with Gasteiger partial charge in [-0.05, 0) is 62.5 Å². The Morgan fingerprint density at radius 1 is 1.15 bits per heavy atom. The van der Waals surface area contributed by atoms with Gasteiger partial charge in [-0.3, -0.25) is 19.8 Å². The average Bonchev–Trinajstić information content (AvgIpc) is 3.10. The van der Waals surface area contributed by atoms with Gasteiger partial charge in [0.25, 0.3) is 11.8 Å². The molecule has 0 bridgehead atoms. The molecule has 0 atom stereocenters. The van der Waals surface area contributed by atoms with Crippen molar-refractivity contribution in [3.8, 4) is 0 Å². The molecule has 1 N–H and O–H groups in total.